The molecule has 186 valence electrons. The maximum atomic E-state index is 12.5. The number of benzene rings is 3. The van der Waals surface area contributed by atoms with Crippen molar-refractivity contribution in [2.45, 2.75) is 11.4 Å². The number of hydrogen-bond acceptors (Lipinski definition) is 6. The standard InChI is InChI=1S/C29H24ClN3O3S/c1-35-26-13-7-12-22(28(26)36-2)23-17-25(19-8-4-3-5-9-19)33-29(24(23)18-31)37-15-14-27(34)32-21-11-6-10-20(30)16-21/h3-13,16-17H,14-15H2,1-2H3,(H,32,34). The molecule has 1 N–H and O–H groups in total. The molecule has 0 unspecified atom stereocenters. The molecule has 1 heterocycles. The quantitative estimate of drug-likeness (QED) is 0.233. The van der Waals surface area contributed by atoms with Crippen LogP contribution in [0, 0.1) is 11.3 Å². The normalized spacial score (nSPS) is 10.4. The highest BCUT2D eigenvalue weighted by Crippen LogP contribution is 2.42. The Balaban J connectivity index is 1.68. The van der Waals surface area contributed by atoms with E-state index in [9.17, 15) is 10.1 Å². The van der Waals surface area contributed by atoms with Crippen LogP contribution in [-0.4, -0.2) is 30.9 Å². The monoisotopic (exact) mass is 529 g/mol. The van der Waals surface area contributed by atoms with Gasteiger partial charge in [0.15, 0.2) is 11.5 Å². The fourth-order valence-corrected chi connectivity index (χ4v) is 4.97. The van der Waals surface area contributed by atoms with Crippen molar-refractivity contribution in [1.29, 1.82) is 5.26 Å². The summed E-state index contributed by atoms with van der Waals surface area (Å²) in [4.78, 5) is 17.3. The van der Waals surface area contributed by atoms with E-state index in [1.165, 1.54) is 11.8 Å². The predicted molar refractivity (Wildman–Crippen MR) is 148 cm³/mol. The molecule has 6 nitrogen and oxygen atoms in total. The van der Waals surface area contributed by atoms with Crippen LogP contribution in [0.2, 0.25) is 5.02 Å². The molecule has 8 heteroatoms. The number of hydrogen-bond donors (Lipinski definition) is 1. The molecule has 1 amide bonds. The van der Waals surface area contributed by atoms with E-state index in [4.69, 9.17) is 26.1 Å². The van der Waals surface area contributed by atoms with Gasteiger partial charge in [-0.3, -0.25) is 4.79 Å². The van der Waals surface area contributed by atoms with Gasteiger partial charge in [-0.1, -0.05) is 60.1 Å². The Bertz CT molecular complexity index is 1450. The lowest BCUT2D eigenvalue weighted by Crippen LogP contribution is -2.12. The van der Waals surface area contributed by atoms with Crippen molar-refractivity contribution in [3.8, 4) is 40.0 Å². The number of halogens is 1. The zero-order valence-electron chi connectivity index (χ0n) is 20.3. The summed E-state index contributed by atoms with van der Waals surface area (Å²) in [5, 5.41) is 14.1. The van der Waals surface area contributed by atoms with E-state index in [1.807, 2.05) is 54.6 Å². The Morgan fingerprint density at radius 2 is 1.78 bits per heavy atom. The van der Waals surface area contributed by atoms with Gasteiger partial charge in [0.05, 0.1) is 25.5 Å². The Labute approximate surface area is 225 Å². The van der Waals surface area contributed by atoms with Crippen LogP contribution in [0.3, 0.4) is 0 Å². The summed E-state index contributed by atoms with van der Waals surface area (Å²) in [5.41, 5.74) is 4.07. The van der Waals surface area contributed by atoms with Gasteiger partial charge in [0.25, 0.3) is 0 Å². The lowest BCUT2D eigenvalue weighted by atomic mass is 9.98. The highest BCUT2D eigenvalue weighted by atomic mass is 35.5. The Hall–Kier alpha value is -3.99. The Morgan fingerprint density at radius 1 is 1.00 bits per heavy atom. The molecule has 0 aliphatic heterocycles. The number of para-hydroxylation sites is 1. The van der Waals surface area contributed by atoms with Crippen LogP contribution in [0.5, 0.6) is 11.5 Å². The molecule has 0 fully saturated rings. The highest BCUT2D eigenvalue weighted by molar-refractivity contribution is 7.99. The third kappa shape index (κ3) is 6.23. The van der Waals surface area contributed by atoms with Gasteiger partial charge >= 0.3 is 0 Å². The number of rotatable bonds is 9. The van der Waals surface area contributed by atoms with Crippen LogP contribution in [0.1, 0.15) is 12.0 Å². The minimum absolute atomic E-state index is 0.151. The maximum absolute atomic E-state index is 12.5. The number of nitrogens with one attached hydrogen (secondary N) is 1. The summed E-state index contributed by atoms with van der Waals surface area (Å²) in [6.07, 6.45) is 0.233. The number of anilines is 1. The number of nitriles is 1. The number of thioether (sulfide) groups is 1. The number of ether oxygens (including phenoxy) is 2. The molecular weight excluding hydrogens is 506 g/mol. The van der Waals surface area contributed by atoms with E-state index >= 15 is 0 Å². The van der Waals surface area contributed by atoms with Crippen molar-refractivity contribution < 1.29 is 14.3 Å². The minimum atomic E-state index is -0.151. The van der Waals surface area contributed by atoms with Crippen LogP contribution in [0.4, 0.5) is 5.69 Å². The molecular formula is C29H24ClN3O3S. The second-order valence-corrected chi connectivity index (χ2v) is 9.43. The lowest BCUT2D eigenvalue weighted by molar-refractivity contribution is -0.115. The molecule has 0 spiro atoms. The van der Waals surface area contributed by atoms with Gasteiger partial charge in [0.1, 0.15) is 11.1 Å². The largest absolute Gasteiger partial charge is 0.493 e. The Morgan fingerprint density at radius 3 is 2.49 bits per heavy atom. The maximum Gasteiger partial charge on any atom is 0.225 e. The van der Waals surface area contributed by atoms with Crippen molar-refractivity contribution in [2.24, 2.45) is 0 Å². The number of pyridine rings is 1. The van der Waals surface area contributed by atoms with Crippen LogP contribution >= 0.6 is 23.4 Å². The van der Waals surface area contributed by atoms with Gasteiger partial charge in [-0.15, -0.1) is 11.8 Å². The van der Waals surface area contributed by atoms with Crippen molar-refractivity contribution >= 4 is 35.0 Å². The first-order valence-corrected chi connectivity index (χ1v) is 12.8. The first kappa shape index (κ1) is 26.1. The third-order valence-electron chi connectivity index (χ3n) is 5.54. The number of methoxy groups -OCH3 is 2. The summed E-state index contributed by atoms with van der Waals surface area (Å²) < 4.78 is 11.1. The van der Waals surface area contributed by atoms with Crippen molar-refractivity contribution in [3.05, 3.63) is 89.4 Å². The number of carbonyl (C=O) groups is 1. The molecule has 1 aromatic heterocycles. The first-order chi connectivity index (χ1) is 18.0. The van der Waals surface area contributed by atoms with Crippen molar-refractivity contribution in [1.82, 2.24) is 4.98 Å². The van der Waals surface area contributed by atoms with Crippen LogP contribution in [0.25, 0.3) is 22.4 Å². The summed E-state index contributed by atoms with van der Waals surface area (Å²) in [5.74, 6) is 1.38. The third-order valence-corrected chi connectivity index (χ3v) is 6.75. The topological polar surface area (TPSA) is 84.2 Å². The van der Waals surface area contributed by atoms with Gasteiger partial charge in [0.2, 0.25) is 5.91 Å². The predicted octanol–water partition coefficient (Wildman–Crippen LogP) is 7.08. The van der Waals surface area contributed by atoms with Gasteiger partial charge in [-0.2, -0.15) is 5.26 Å². The van der Waals surface area contributed by atoms with E-state index in [0.29, 0.717) is 49.8 Å². The second-order valence-electron chi connectivity index (χ2n) is 7.91. The summed E-state index contributed by atoms with van der Waals surface area (Å²) in [7, 11) is 3.14. The SMILES string of the molecule is COc1cccc(-c2cc(-c3ccccc3)nc(SCCC(=O)Nc3cccc(Cl)c3)c2C#N)c1OC. The molecule has 4 rings (SSSR count). The van der Waals surface area contributed by atoms with Crippen LogP contribution in [-0.2, 0) is 4.79 Å². The van der Waals surface area contributed by atoms with E-state index in [2.05, 4.69) is 11.4 Å². The van der Waals surface area contributed by atoms with E-state index < -0.39 is 0 Å². The highest BCUT2D eigenvalue weighted by Gasteiger charge is 2.20. The molecule has 37 heavy (non-hydrogen) atoms. The summed E-state index contributed by atoms with van der Waals surface area (Å²) in [6, 6.07) is 26.5. The summed E-state index contributed by atoms with van der Waals surface area (Å²) in [6.45, 7) is 0. The fraction of sp³-hybridized carbons (Fsp3) is 0.138. The number of amides is 1. The molecule has 0 saturated heterocycles. The van der Waals surface area contributed by atoms with E-state index in [1.54, 1.807) is 38.5 Å². The van der Waals surface area contributed by atoms with Gasteiger partial charge < -0.3 is 14.8 Å². The molecule has 0 saturated carbocycles. The number of nitrogens with zero attached hydrogens (tertiary/aromatic N) is 2. The first-order valence-electron chi connectivity index (χ1n) is 11.4. The molecule has 0 bridgehead atoms. The van der Waals surface area contributed by atoms with E-state index in [0.717, 1.165) is 11.1 Å². The number of carbonyl (C=O) groups excluding carboxylic acids is 1. The van der Waals surface area contributed by atoms with E-state index in [-0.39, 0.29) is 12.3 Å². The zero-order chi connectivity index (χ0) is 26.2. The molecule has 0 radical (unpaired) electrons. The van der Waals surface area contributed by atoms with Crippen LogP contribution < -0.4 is 14.8 Å². The molecule has 0 aliphatic rings. The summed E-state index contributed by atoms with van der Waals surface area (Å²) >= 11 is 7.37. The van der Waals surface area contributed by atoms with Crippen LogP contribution in [0.15, 0.2) is 83.9 Å². The average molecular weight is 530 g/mol. The van der Waals surface area contributed by atoms with Gasteiger partial charge in [0, 0.05) is 39.6 Å². The Kier molecular flexibility index (Phi) is 8.68. The minimum Gasteiger partial charge on any atom is -0.493 e. The van der Waals surface area contributed by atoms with Crippen molar-refractivity contribution in [2.75, 3.05) is 25.3 Å². The lowest BCUT2D eigenvalue weighted by Gasteiger charge is -2.16. The zero-order valence-corrected chi connectivity index (χ0v) is 21.9. The average Bonchev–Trinajstić information content (AvgIpc) is 2.92. The molecule has 0 atom stereocenters. The fourth-order valence-electron chi connectivity index (χ4n) is 3.83. The van der Waals surface area contributed by atoms with Gasteiger partial charge in [-0.05, 0) is 30.3 Å². The second kappa shape index (κ2) is 12.3. The molecule has 3 aromatic carbocycles. The van der Waals surface area contributed by atoms with Gasteiger partial charge in [-0.25, -0.2) is 4.98 Å². The number of aromatic nitrogens is 1. The molecule has 0 aliphatic carbocycles. The molecule has 4 aromatic rings. The smallest absolute Gasteiger partial charge is 0.225 e. The van der Waals surface area contributed by atoms with Crippen molar-refractivity contribution in [3.63, 3.8) is 0 Å².